The summed E-state index contributed by atoms with van der Waals surface area (Å²) in [4.78, 5) is 11.0. The first-order chi connectivity index (χ1) is 7.31. The monoisotopic (exact) mass is 227 g/mol. The van der Waals surface area contributed by atoms with Gasteiger partial charge in [0.15, 0.2) is 0 Å². The van der Waals surface area contributed by atoms with E-state index in [0.29, 0.717) is 11.3 Å². The van der Waals surface area contributed by atoms with Crippen LogP contribution in [0.25, 0.3) is 0 Å². The molecule has 0 bridgehead atoms. The van der Waals surface area contributed by atoms with Crippen LogP contribution in [0.5, 0.6) is 0 Å². The molecule has 2 unspecified atom stereocenters. The molecule has 1 aliphatic carbocycles. The summed E-state index contributed by atoms with van der Waals surface area (Å²) in [7, 11) is 0. The Kier molecular flexibility index (Phi) is 4.00. The second-order valence-electron chi connectivity index (χ2n) is 6.03. The molecule has 1 aliphatic rings. The molecule has 0 aromatic heterocycles. The SMILES string of the molecule is CCNC1(CC(=O)O)CCC(C)(C)CC1C. The van der Waals surface area contributed by atoms with Gasteiger partial charge in [-0.3, -0.25) is 4.79 Å². The van der Waals surface area contributed by atoms with Gasteiger partial charge in [0.25, 0.3) is 0 Å². The van der Waals surface area contributed by atoms with E-state index in [2.05, 4.69) is 33.0 Å². The van der Waals surface area contributed by atoms with E-state index in [9.17, 15) is 4.79 Å². The highest BCUT2D eigenvalue weighted by molar-refractivity contribution is 5.68. The summed E-state index contributed by atoms with van der Waals surface area (Å²) in [5.74, 6) is -0.264. The minimum absolute atomic E-state index is 0.184. The normalized spacial score (nSPS) is 33.6. The van der Waals surface area contributed by atoms with Gasteiger partial charge < -0.3 is 10.4 Å². The van der Waals surface area contributed by atoms with Gasteiger partial charge in [-0.25, -0.2) is 0 Å². The van der Waals surface area contributed by atoms with Gasteiger partial charge in [0.1, 0.15) is 0 Å². The zero-order chi connectivity index (χ0) is 12.4. The summed E-state index contributed by atoms with van der Waals surface area (Å²) in [6, 6.07) is 0. The number of rotatable bonds is 4. The summed E-state index contributed by atoms with van der Waals surface area (Å²) in [6.45, 7) is 9.64. The number of aliphatic carboxylic acids is 1. The lowest BCUT2D eigenvalue weighted by atomic mass is 9.62. The maximum Gasteiger partial charge on any atom is 0.305 e. The van der Waals surface area contributed by atoms with Gasteiger partial charge in [-0.05, 0) is 37.1 Å². The van der Waals surface area contributed by atoms with E-state index in [0.717, 1.165) is 25.8 Å². The van der Waals surface area contributed by atoms with Crippen molar-refractivity contribution in [2.45, 2.75) is 58.9 Å². The molecule has 0 aliphatic heterocycles. The van der Waals surface area contributed by atoms with Crippen LogP contribution in [0.4, 0.5) is 0 Å². The first-order valence-electron chi connectivity index (χ1n) is 6.28. The maximum absolute atomic E-state index is 11.0. The van der Waals surface area contributed by atoms with Crippen molar-refractivity contribution in [3.8, 4) is 0 Å². The lowest BCUT2D eigenvalue weighted by Crippen LogP contribution is -2.55. The molecule has 94 valence electrons. The first kappa shape index (κ1) is 13.5. The van der Waals surface area contributed by atoms with Crippen LogP contribution in [0.15, 0.2) is 0 Å². The third-order valence-corrected chi connectivity index (χ3v) is 4.05. The smallest absolute Gasteiger partial charge is 0.305 e. The average Bonchev–Trinajstić information content (AvgIpc) is 2.11. The molecule has 0 aromatic rings. The van der Waals surface area contributed by atoms with Crippen molar-refractivity contribution in [2.75, 3.05) is 6.54 Å². The second kappa shape index (κ2) is 4.74. The van der Waals surface area contributed by atoms with Gasteiger partial charge >= 0.3 is 5.97 Å². The topological polar surface area (TPSA) is 49.3 Å². The van der Waals surface area contributed by atoms with Gasteiger partial charge in [-0.1, -0.05) is 27.7 Å². The van der Waals surface area contributed by atoms with Gasteiger partial charge in [0.2, 0.25) is 0 Å². The van der Waals surface area contributed by atoms with Crippen LogP contribution in [0.3, 0.4) is 0 Å². The Bertz CT molecular complexity index is 263. The summed E-state index contributed by atoms with van der Waals surface area (Å²) in [5, 5.41) is 12.5. The van der Waals surface area contributed by atoms with Crippen LogP contribution in [0, 0.1) is 11.3 Å². The fourth-order valence-electron chi connectivity index (χ4n) is 3.14. The number of carbonyl (C=O) groups is 1. The molecule has 1 saturated carbocycles. The molecule has 1 rings (SSSR count). The third kappa shape index (κ3) is 2.97. The van der Waals surface area contributed by atoms with Crippen molar-refractivity contribution in [1.29, 1.82) is 0 Å². The van der Waals surface area contributed by atoms with Gasteiger partial charge in [0, 0.05) is 5.54 Å². The largest absolute Gasteiger partial charge is 0.481 e. The molecule has 1 fully saturated rings. The molecule has 0 aromatic carbocycles. The lowest BCUT2D eigenvalue weighted by molar-refractivity contribution is -0.140. The highest BCUT2D eigenvalue weighted by atomic mass is 16.4. The van der Waals surface area contributed by atoms with E-state index in [1.807, 2.05) is 0 Å². The zero-order valence-corrected chi connectivity index (χ0v) is 11.0. The standard InChI is InChI=1S/C13H25NO2/c1-5-14-13(9-11(15)16)7-6-12(3,4)8-10(13)2/h10,14H,5-9H2,1-4H3,(H,15,16). The highest BCUT2D eigenvalue weighted by Gasteiger charge is 2.44. The van der Waals surface area contributed by atoms with Crippen molar-refractivity contribution in [1.82, 2.24) is 5.32 Å². The Hall–Kier alpha value is -0.570. The minimum Gasteiger partial charge on any atom is -0.481 e. The molecule has 16 heavy (non-hydrogen) atoms. The molecule has 0 radical (unpaired) electrons. The van der Waals surface area contributed by atoms with E-state index in [-0.39, 0.29) is 12.0 Å². The quantitative estimate of drug-likeness (QED) is 0.776. The fourth-order valence-corrected chi connectivity index (χ4v) is 3.14. The van der Waals surface area contributed by atoms with Crippen molar-refractivity contribution in [3.05, 3.63) is 0 Å². The Balaban J connectivity index is 2.81. The third-order valence-electron chi connectivity index (χ3n) is 4.05. The van der Waals surface area contributed by atoms with Crippen molar-refractivity contribution in [2.24, 2.45) is 11.3 Å². The van der Waals surface area contributed by atoms with Gasteiger partial charge in [-0.15, -0.1) is 0 Å². The minimum atomic E-state index is -0.687. The van der Waals surface area contributed by atoms with Crippen LogP contribution in [-0.4, -0.2) is 23.2 Å². The van der Waals surface area contributed by atoms with Crippen LogP contribution in [-0.2, 0) is 4.79 Å². The number of nitrogens with one attached hydrogen (secondary N) is 1. The average molecular weight is 227 g/mol. The predicted octanol–water partition coefficient (Wildman–Crippen LogP) is 2.66. The lowest BCUT2D eigenvalue weighted by Gasteiger charge is -2.48. The first-order valence-corrected chi connectivity index (χ1v) is 6.28. The molecular weight excluding hydrogens is 202 g/mol. The van der Waals surface area contributed by atoms with E-state index in [4.69, 9.17) is 5.11 Å². The van der Waals surface area contributed by atoms with Crippen LogP contribution in [0.1, 0.15) is 53.4 Å². The molecule has 2 N–H and O–H groups in total. The van der Waals surface area contributed by atoms with E-state index >= 15 is 0 Å². The second-order valence-corrected chi connectivity index (χ2v) is 6.03. The molecule has 0 saturated heterocycles. The van der Waals surface area contributed by atoms with Gasteiger partial charge in [-0.2, -0.15) is 0 Å². The van der Waals surface area contributed by atoms with E-state index in [1.54, 1.807) is 0 Å². The molecule has 3 nitrogen and oxygen atoms in total. The molecule has 2 atom stereocenters. The molecular formula is C13H25NO2. The Morgan fingerprint density at radius 3 is 2.50 bits per heavy atom. The van der Waals surface area contributed by atoms with E-state index < -0.39 is 5.97 Å². The number of hydrogen-bond donors (Lipinski definition) is 2. The van der Waals surface area contributed by atoms with Crippen LogP contribution in [0.2, 0.25) is 0 Å². The number of carboxylic acids is 1. The van der Waals surface area contributed by atoms with Gasteiger partial charge in [0.05, 0.1) is 6.42 Å². The molecule has 0 spiro atoms. The number of hydrogen-bond acceptors (Lipinski definition) is 2. The summed E-state index contributed by atoms with van der Waals surface area (Å²) in [6.07, 6.45) is 3.43. The fraction of sp³-hybridized carbons (Fsp3) is 0.923. The summed E-state index contributed by atoms with van der Waals surface area (Å²) >= 11 is 0. The molecule has 3 heteroatoms. The molecule has 0 amide bonds. The van der Waals surface area contributed by atoms with Crippen molar-refractivity contribution >= 4 is 5.97 Å². The maximum atomic E-state index is 11.0. The van der Waals surface area contributed by atoms with Crippen LogP contribution < -0.4 is 5.32 Å². The highest BCUT2D eigenvalue weighted by Crippen LogP contribution is 2.45. The number of carboxylic acid groups (broad SMARTS) is 1. The van der Waals surface area contributed by atoms with Crippen molar-refractivity contribution < 1.29 is 9.90 Å². The van der Waals surface area contributed by atoms with Crippen LogP contribution >= 0.6 is 0 Å². The summed E-state index contributed by atoms with van der Waals surface area (Å²) < 4.78 is 0. The zero-order valence-electron chi connectivity index (χ0n) is 11.0. The predicted molar refractivity (Wildman–Crippen MR) is 65.5 cm³/mol. The Morgan fingerprint density at radius 1 is 1.44 bits per heavy atom. The Morgan fingerprint density at radius 2 is 2.06 bits per heavy atom. The molecule has 0 heterocycles. The summed E-state index contributed by atoms with van der Waals surface area (Å²) in [5.41, 5.74) is 0.174. The van der Waals surface area contributed by atoms with E-state index in [1.165, 1.54) is 0 Å². The van der Waals surface area contributed by atoms with Crippen molar-refractivity contribution in [3.63, 3.8) is 0 Å². The Labute approximate surface area is 98.6 Å².